The standard InChI is InChI=1S/C12H23NO/c1-9-7-13(8-10(9)2)11-5-4-6-12(11,3)14/h9-11,14H,4-8H2,1-3H3. The summed E-state index contributed by atoms with van der Waals surface area (Å²) in [5.41, 5.74) is -0.427. The van der Waals surface area contributed by atoms with E-state index in [2.05, 4.69) is 18.7 Å². The predicted octanol–water partition coefficient (Wildman–Crippen LogP) is 1.88. The van der Waals surface area contributed by atoms with Crippen LogP contribution in [0.1, 0.15) is 40.0 Å². The molecule has 2 rings (SSSR count). The lowest BCUT2D eigenvalue weighted by Gasteiger charge is -2.33. The molecular weight excluding hydrogens is 174 g/mol. The van der Waals surface area contributed by atoms with Gasteiger partial charge in [0, 0.05) is 19.1 Å². The Hall–Kier alpha value is -0.0800. The fraction of sp³-hybridized carbons (Fsp3) is 1.00. The van der Waals surface area contributed by atoms with Crippen molar-refractivity contribution in [3.63, 3.8) is 0 Å². The second-order valence-electron chi connectivity index (χ2n) is 5.67. The molecule has 0 spiro atoms. The highest BCUT2D eigenvalue weighted by Gasteiger charge is 2.43. The highest BCUT2D eigenvalue weighted by atomic mass is 16.3. The maximum absolute atomic E-state index is 10.2. The number of likely N-dealkylation sites (tertiary alicyclic amines) is 1. The van der Waals surface area contributed by atoms with Crippen molar-refractivity contribution < 1.29 is 5.11 Å². The molecule has 1 aliphatic heterocycles. The van der Waals surface area contributed by atoms with E-state index in [1.807, 2.05) is 6.92 Å². The fourth-order valence-corrected chi connectivity index (χ4v) is 3.14. The zero-order valence-electron chi connectivity index (χ0n) is 9.66. The van der Waals surface area contributed by atoms with Crippen molar-refractivity contribution in [1.82, 2.24) is 4.90 Å². The van der Waals surface area contributed by atoms with Crippen LogP contribution in [0.5, 0.6) is 0 Å². The van der Waals surface area contributed by atoms with Crippen molar-refractivity contribution in [2.75, 3.05) is 13.1 Å². The van der Waals surface area contributed by atoms with Gasteiger partial charge in [0.1, 0.15) is 0 Å². The third-order valence-electron chi connectivity index (χ3n) is 4.34. The van der Waals surface area contributed by atoms with Gasteiger partial charge in [-0.1, -0.05) is 13.8 Å². The molecule has 2 heteroatoms. The summed E-state index contributed by atoms with van der Waals surface area (Å²) in [5, 5.41) is 10.2. The molecule has 0 aromatic carbocycles. The first-order valence-electron chi connectivity index (χ1n) is 5.97. The first-order chi connectivity index (χ1) is 6.50. The zero-order valence-corrected chi connectivity index (χ0v) is 9.66. The monoisotopic (exact) mass is 197 g/mol. The maximum atomic E-state index is 10.2. The molecule has 4 atom stereocenters. The van der Waals surface area contributed by atoms with E-state index < -0.39 is 5.60 Å². The molecule has 1 saturated heterocycles. The van der Waals surface area contributed by atoms with E-state index in [0.29, 0.717) is 6.04 Å². The van der Waals surface area contributed by atoms with E-state index in [-0.39, 0.29) is 0 Å². The van der Waals surface area contributed by atoms with Gasteiger partial charge in [-0.2, -0.15) is 0 Å². The Morgan fingerprint density at radius 1 is 1.21 bits per heavy atom. The lowest BCUT2D eigenvalue weighted by atomic mass is 9.99. The Labute approximate surface area is 87.3 Å². The van der Waals surface area contributed by atoms with Crippen LogP contribution >= 0.6 is 0 Å². The van der Waals surface area contributed by atoms with Gasteiger partial charge in [-0.25, -0.2) is 0 Å². The molecule has 14 heavy (non-hydrogen) atoms. The van der Waals surface area contributed by atoms with Crippen LogP contribution in [0.2, 0.25) is 0 Å². The number of hydrogen-bond donors (Lipinski definition) is 1. The van der Waals surface area contributed by atoms with Crippen molar-refractivity contribution in [3.8, 4) is 0 Å². The van der Waals surface area contributed by atoms with Gasteiger partial charge in [0.25, 0.3) is 0 Å². The van der Waals surface area contributed by atoms with Crippen LogP contribution in [-0.2, 0) is 0 Å². The second kappa shape index (κ2) is 3.49. The molecule has 0 amide bonds. The average molecular weight is 197 g/mol. The molecule has 0 bridgehead atoms. The summed E-state index contributed by atoms with van der Waals surface area (Å²) in [6.45, 7) is 9.03. The summed E-state index contributed by atoms with van der Waals surface area (Å²) in [6.07, 6.45) is 3.36. The highest BCUT2D eigenvalue weighted by Crippen LogP contribution is 2.37. The van der Waals surface area contributed by atoms with Crippen molar-refractivity contribution >= 4 is 0 Å². The first-order valence-corrected chi connectivity index (χ1v) is 5.97. The van der Waals surface area contributed by atoms with Crippen molar-refractivity contribution in [2.45, 2.75) is 51.7 Å². The van der Waals surface area contributed by atoms with Gasteiger partial charge < -0.3 is 5.11 Å². The molecular formula is C12H23NO. The van der Waals surface area contributed by atoms with Gasteiger partial charge in [-0.3, -0.25) is 4.90 Å². The zero-order chi connectivity index (χ0) is 10.3. The van der Waals surface area contributed by atoms with Crippen LogP contribution in [0, 0.1) is 11.8 Å². The molecule has 2 fully saturated rings. The Kier molecular flexibility index (Phi) is 2.61. The molecule has 2 aliphatic rings. The van der Waals surface area contributed by atoms with Crippen molar-refractivity contribution in [2.24, 2.45) is 11.8 Å². The Morgan fingerprint density at radius 3 is 2.21 bits per heavy atom. The quantitative estimate of drug-likeness (QED) is 0.694. The van der Waals surface area contributed by atoms with Crippen LogP contribution in [0.3, 0.4) is 0 Å². The number of nitrogens with zero attached hydrogens (tertiary/aromatic N) is 1. The largest absolute Gasteiger partial charge is 0.389 e. The molecule has 0 radical (unpaired) electrons. The summed E-state index contributed by atoms with van der Waals surface area (Å²) >= 11 is 0. The normalized spacial score (nSPS) is 50.1. The second-order valence-corrected chi connectivity index (χ2v) is 5.67. The summed E-state index contributed by atoms with van der Waals surface area (Å²) in [7, 11) is 0. The van der Waals surface area contributed by atoms with Crippen LogP contribution in [-0.4, -0.2) is 34.7 Å². The van der Waals surface area contributed by atoms with Gasteiger partial charge in [0.05, 0.1) is 5.60 Å². The number of rotatable bonds is 1. The lowest BCUT2D eigenvalue weighted by molar-refractivity contribution is -0.00660. The predicted molar refractivity (Wildman–Crippen MR) is 58.2 cm³/mol. The van der Waals surface area contributed by atoms with Gasteiger partial charge >= 0.3 is 0 Å². The number of aliphatic hydroxyl groups is 1. The third-order valence-corrected chi connectivity index (χ3v) is 4.34. The van der Waals surface area contributed by atoms with E-state index in [1.165, 1.54) is 25.9 Å². The van der Waals surface area contributed by atoms with E-state index in [4.69, 9.17) is 0 Å². The minimum absolute atomic E-state index is 0.426. The van der Waals surface area contributed by atoms with Crippen LogP contribution in [0.4, 0.5) is 0 Å². The van der Waals surface area contributed by atoms with Crippen LogP contribution in [0.15, 0.2) is 0 Å². The lowest BCUT2D eigenvalue weighted by Crippen LogP contribution is -2.46. The smallest absolute Gasteiger partial charge is 0.0774 e. The minimum atomic E-state index is -0.427. The van der Waals surface area contributed by atoms with Gasteiger partial charge in [0.2, 0.25) is 0 Å². The first kappa shape index (κ1) is 10.4. The molecule has 2 nitrogen and oxygen atoms in total. The van der Waals surface area contributed by atoms with Crippen LogP contribution in [0.25, 0.3) is 0 Å². The summed E-state index contributed by atoms with van der Waals surface area (Å²) < 4.78 is 0. The summed E-state index contributed by atoms with van der Waals surface area (Å²) in [4.78, 5) is 2.52. The van der Waals surface area contributed by atoms with Crippen molar-refractivity contribution in [3.05, 3.63) is 0 Å². The molecule has 1 aliphatic carbocycles. The summed E-state index contributed by atoms with van der Waals surface area (Å²) in [5.74, 6) is 1.60. The Balaban J connectivity index is 2.03. The molecule has 1 N–H and O–H groups in total. The van der Waals surface area contributed by atoms with Gasteiger partial charge in [-0.05, 0) is 38.0 Å². The minimum Gasteiger partial charge on any atom is -0.389 e. The molecule has 1 saturated carbocycles. The van der Waals surface area contributed by atoms with E-state index in [1.54, 1.807) is 0 Å². The maximum Gasteiger partial charge on any atom is 0.0774 e. The highest BCUT2D eigenvalue weighted by molar-refractivity contribution is 4.98. The molecule has 0 aromatic rings. The van der Waals surface area contributed by atoms with E-state index >= 15 is 0 Å². The van der Waals surface area contributed by atoms with E-state index in [9.17, 15) is 5.11 Å². The Bertz CT molecular complexity index is 204. The molecule has 0 aromatic heterocycles. The van der Waals surface area contributed by atoms with Crippen LogP contribution < -0.4 is 0 Å². The summed E-state index contributed by atoms with van der Waals surface area (Å²) in [6, 6.07) is 0.426. The van der Waals surface area contributed by atoms with Crippen molar-refractivity contribution in [1.29, 1.82) is 0 Å². The molecule has 4 unspecified atom stereocenters. The fourth-order valence-electron chi connectivity index (χ4n) is 3.14. The van der Waals surface area contributed by atoms with E-state index in [0.717, 1.165) is 18.3 Å². The molecule has 1 heterocycles. The third kappa shape index (κ3) is 1.70. The Morgan fingerprint density at radius 2 is 1.79 bits per heavy atom. The SMILES string of the molecule is CC1CN(C2CCCC2(C)O)CC1C. The van der Waals surface area contributed by atoms with Gasteiger partial charge in [0.15, 0.2) is 0 Å². The molecule has 82 valence electrons. The number of hydrogen-bond acceptors (Lipinski definition) is 2. The average Bonchev–Trinajstić information content (AvgIpc) is 2.56. The topological polar surface area (TPSA) is 23.5 Å². The van der Waals surface area contributed by atoms with Gasteiger partial charge in [-0.15, -0.1) is 0 Å².